The average molecular weight is 647 g/mol. The van der Waals surface area contributed by atoms with Crippen LogP contribution in [0.5, 0.6) is 11.5 Å². The summed E-state index contributed by atoms with van der Waals surface area (Å²) in [5.74, 6) is -0.946. The van der Waals surface area contributed by atoms with Gasteiger partial charge in [0, 0.05) is 44.6 Å². The number of methoxy groups -OCH3 is 1. The van der Waals surface area contributed by atoms with E-state index in [1.807, 2.05) is 6.92 Å². The second-order valence-electron chi connectivity index (χ2n) is 11.5. The zero-order chi connectivity index (χ0) is 34.0. The van der Waals surface area contributed by atoms with Crippen molar-refractivity contribution in [3.8, 4) is 11.5 Å². The maximum absolute atomic E-state index is 13.6. The molecule has 3 unspecified atom stereocenters. The fourth-order valence-electron chi connectivity index (χ4n) is 5.11. The number of carbonyl (C=O) groups is 4. The highest BCUT2D eigenvalue weighted by atomic mass is 16.8. The van der Waals surface area contributed by atoms with E-state index in [9.17, 15) is 19.2 Å². The van der Waals surface area contributed by atoms with Crippen LogP contribution in [0.4, 0.5) is 0 Å². The summed E-state index contributed by atoms with van der Waals surface area (Å²) in [7, 11) is 4.16. The molecule has 0 N–H and O–H groups in total. The van der Waals surface area contributed by atoms with Gasteiger partial charge >= 0.3 is 13.4 Å². The lowest BCUT2D eigenvalue weighted by Crippen LogP contribution is -2.34. The van der Waals surface area contributed by atoms with Crippen molar-refractivity contribution in [2.45, 2.75) is 64.8 Å². The molecule has 2 aliphatic rings. The lowest BCUT2D eigenvalue weighted by molar-refractivity contribution is -0.152. The van der Waals surface area contributed by atoms with Crippen molar-refractivity contribution < 1.29 is 47.6 Å². The van der Waals surface area contributed by atoms with E-state index in [0.29, 0.717) is 42.5 Å². The zero-order valence-electron chi connectivity index (χ0n) is 27.2. The van der Waals surface area contributed by atoms with E-state index in [4.69, 9.17) is 28.4 Å². The number of ether oxygens (including phenoxy) is 6. The van der Waals surface area contributed by atoms with Crippen molar-refractivity contribution in [1.82, 2.24) is 14.3 Å². The van der Waals surface area contributed by atoms with Gasteiger partial charge < -0.3 is 47.3 Å². The van der Waals surface area contributed by atoms with Crippen LogP contribution < -0.4 is 9.47 Å². The molecule has 4 atom stereocenters. The minimum absolute atomic E-state index is 0.139. The van der Waals surface area contributed by atoms with Gasteiger partial charge in [-0.3, -0.25) is 4.79 Å². The molecule has 0 amide bonds. The first-order valence-corrected chi connectivity index (χ1v) is 15.3. The van der Waals surface area contributed by atoms with Crippen molar-refractivity contribution in [3.63, 3.8) is 0 Å². The van der Waals surface area contributed by atoms with Crippen LogP contribution >= 0.6 is 0 Å². The molecule has 0 spiro atoms. The predicted octanol–water partition coefficient (Wildman–Crippen LogP) is 2.46. The molecule has 2 aliphatic heterocycles. The molecule has 0 saturated carbocycles. The van der Waals surface area contributed by atoms with Gasteiger partial charge in [-0.25, -0.2) is 9.78 Å². The molecule has 4 rings (SSSR count). The number of benzene rings is 1. The zero-order valence-corrected chi connectivity index (χ0v) is 27.2. The molecule has 15 heteroatoms. The minimum atomic E-state index is -0.945. The highest BCUT2D eigenvalue weighted by molar-refractivity contribution is 6.65. The molecular formula is C32H39B2N3O10. The number of nitrogens with zero attached hydrogens (tertiary/aromatic N) is 3. The third-order valence-electron chi connectivity index (χ3n) is 7.60. The van der Waals surface area contributed by atoms with Crippen LogP contribution in [0.25, 0.3) is 6.08 Å². The Morgan fingerprint density at radius 3 is 2.68 bits per heavy atom. The first kappa shape index (κ1) is 35.8. The minimum Gasteiger partial charge on any atom is -0.492 e. The monoisotopic (exact) mass is 647 g/mol. The number of aromatic nitrogens is 2. The average Bonchev–Trinajstić information content (AvgIpc) is 3.60. The van der Waals surface area contributed by atoms with E-state index in [2.05, 4.69) is 4.98 Å². The summed E-state index contributed by atoms with van der Waals surface area (Å²) in [6.45, 7) is 7.67. The smallest absolute Gasteiger partial charge is 0.342 e. The van der Waals surface area contributed by atoms with E-state index >= 15 is 0 Å². The van der Waals surface area contributed by atoms with Gasteiger partial charge in [-0.1, -0.05) is 25.2 Å². The first-order valence-electron chi connectivity index (χ1n) is 15.3. The Bertz CT molecular complexity index is 1480. The molecule has 3 heterocycles. The van der Waals surface area contributed by atoms with Crippen molar-refractivity contribution in [2.75, 3.05) is 27.1 Å². The molecule has 13 nitrogen and oxygen atoms in total. The Hall–Kier alpha value is -4.04. The molecule has 2 radical (unpaired) electrons. The molecule has 0 bridgehead atoms. The molecule has 47 heavy (non-hydrogen) atoms. The number of esters is 1. The van der Waals surface area contributed by atoms with E-state index < -0.39 is 30.1 Å². The maximum Gasteiger partial charge on any atom is 0.342 e. The Balaban J connectivity index is 1.62. The number of ketones is 1. The standard InChI is InChI=1S/C32H39B2N3O10/c1-21-9-10-25(40)30-26(46-32(3,4)47-30)8-6-7-23-15-24(16-27(44-20-42-5)29(23)31(41)45-22(21)2)43-14-13-36(33-18-38)17-28-35-11-12-37(28)34-19-39/h6-7,9-12,15-16,18-19,21-22,26,30H,8,13-14,17,20H2,1-5H3/b7-6?,10-9-/t21-,22?,26?,30?/m1/s1. The Labute approximate surface area is 275 Å². The van der Waals surface area contributed by atoms with Crippen LogP contribution in [0.15, 0.2) is 42.8 Å². The SMILES string of the molecule is COCOc1cc(OCCN([B]C=O)Cc2nccn2[B]C=O)cc2c1C(=O)OC(C)[C@H](C)/C=C\C(=O)C1OC(C)(C)OC1CC=C2. The van der Waals surface area contributed by atoms with Gasteiger partial charge in [-0.2, -0.15) is 0 Å². The lowest BCUT2D eigenvalue weighted by atomic mass is 9.94. The van der Waals surface area contributed by atoms with E-state index in [1.165, 1.54) is 28.0 Å². The Morgan fingerprint density at radius 2 is 1.94 bits per heavy atom. The van der Waals surface area contributed by atoms with Crippen LogP contribution in [-0.2, 0) is 39.9 Å². The molecule has 1 saturated heterocycles. The number of hydrogen-bond acceptors (Lipinski definition) is 12. The fraction of sp³-hybridized carbons (Fsp3) is 0.469. The molecule has 1 aromatic carbocycles. The first-order chi connectivity index (χ1) is 22.5. The van der Waals surface area contributed by atoms with E-state index in [0.717, 1.165) is 0 Å². The Morgan fingerprint density at radius 1 is 1.13 bits per heavy atom. The predicted molar refractivity (Wildman–Crippen MR) is 173 cm³/mol. The normalized spacial score (nSPS) is 23.2. The number of imidazole rings is 1. The molecule has 1 fully saturated rings. The number of rotatable bonds is 13. The summed E-state index contributed by atoms with van der Waals surface area (Å²) < 4.78 is 36.4. The lowest BCUT2D eigenvalue weighted by Gasteiger charge is -2.22. The van der Waals surface area contributed by atoms with Gasteiger partial charge in [0.15, 0.2) is 18.4 Å². The van der Waals surface area contributed by atoms with Gasteiger partial charge in [0.05, 0.1) is 18.9 Å². The van der Waals surface area contributed by atoms with Gasteiger partial charge in [0.2, 0.25) is 0 Å². The molecule has 0 aliphatic carbocycles. The second-order valence-corrected chi connectivity index (χ2v) is 11.5. The Kier molecular flexibility index (Phi) is 12.7. The summed E-state index contributed by atoms with van der Waals surface area (Å²) >= 11 is 0. The van der Waals surface area contributed by atoms with Crippen LogP contribution in [-0.4, -0.2) is 104 Å². The van der Waals surface area contributed by atoms with E-state index in [1.54, 1.807) is 72.8 Å². The summed E-state index contributed by atoms with van der Waals surface area (Å²) in [6.07, 6.45) is 9.59. The summed E-state index contributed by atoms with van der Waals surface area (Å²) in [5.41, 5.74) is 0.631. The summed E-state index contributed by atoms with van der Waals surface area (Å²) in [4.78, 5) is 54.9. The van der Waals surface area contributed by atoms with Gasteiger partial charge in [0.1, 0.15) is 41.3 Å². The van der Waals surface area contributed by atoms with Gasteiger partial charge in [-0.15, -0.1) is 0 Å². The molecule has 2 aromatic rings. The number of fused-ring (bicyclic) bond motifs is 2. The maximum atomic E-state index is 13.6. The second kappa shape index (κ2) is 16.7. The van der Waals surface area contributed by atoms with Crippen LogP contribution in [0, 0.1) is 5.92 Å². The number of cyclic esters (lactones) is 1. The summed E-state index contributed by atoms with van der Waals surface area (Å²) in [6, 6.07) is 3.26. The molecular weight excluding hydrogens is 608 g/mol. The third kappa shape index (κ3) is 9.74. The van der Waals surface area contributed by atoms with Crippen molar-refractivity contribution in [3.05, 3.63) is 59.7 Å². The van der Waals surface area contributed by atoms with Crippen molar-refractivity contribution in [2.24, 2.45) is 5.92 Å². The fourth-order valence-corrected chi connectivity index (χ4v) is 5.11. The van der Waals surface area contributed by atoms with E-state index in [-0.39, 0.29) is 43.0 Å². The van der Waals surface area contributed by atoms with Gasteiger partial charge in [0.25, 0.3) is 7.41 Å². The third-order valence-corrected chi connectivity index (χ3v) is 7.60. The molecule has 248 valence electrons. The van der Waals surface area contributed by atoms with Crippen molar-refractivity contribution in [1.29, 1.82) is 0 Å². The topological polar surface area (TPSA) is 145 Å². The quantitative estimate of drug-likeness (QED) is 0.136. The van der Waals surface area contributed by atoms with Gasteiger partial charge in [-0.05, 0) is 44.9 Å². The highest BCUT2D eigenvalue weighted by Gasteiger charge is 2.43. The van der Waals surface area contributed by atoms with Crippen molar-refractivity contribution >= 4 is 45.0 Å². The van der Waals surface area contributed by atoms with Crippen LogP contribution in [0.2, 0.25) is 0 Å². The highest BCUT2D eigenvalue weighted by Crippen LogP contribution is 2.34. The van der Waals surface area contributed by atoms with Crippen LogP contribution in [0.3, 0.4) is 0 Å². The molecule has 1 aromatic heterocycles. The summed E-state index contributed by atoms with van der Waals surface area (Å²) in [5, 5.41) is 0. The largest absolute Gasteiger partial charge is 0.492 e. The van der Waals surface area contributed by atoms with Crippen LogP contribution in [0.1, 0.15) is 55.9 Å². The number of hydrogen-bond donors (Lipinski definition) is 0. The number of carbonyl (C=O) groups excluding carboxylic acids is 4.